The molecule has 1 atom stereocenters. The molecule has 1 fully saturated rings. The third-order valence-corrected chi connectivity index (χ3v) is 5.49. The van der Waals surface area contributed by atoms with E-state index in [4.69, 9.17) is 0 Å². The minimum atomic E-state index is -0.345. The molecule has 0 saturated carbocycles. The number of carbonyl (C=O) groups is 2. The van der Waals surface area contributed by atoms with E-state index in [-0.39, 0.29) is 24.2 Å². The lowest BCUT2D eigenvalue weighted by atomic mass is 10.1. The predicted octanol–water partition coefficient (Wildman–Crippen LogP) is 2.95. The van der Waals surface area contributed by atoms with Gasteiger partial charge in [0, 0.05) is 23.5 Å². The molecule has 0 radical (unpaired) electrons. The molecule has 1 unspecified atom stereocenters. The molecule has 3 aromatic rings. The first-order valence-corrected chi connectivity index (χ1v) is 10.0. The number of hydrogen-bond donors (Lipinski definition) is 2. The van der Waals surface area contributed by atoms with Crippen LogP contribution in [0.15, 0.2) is 53.4 Å². The van der Waals surface area contributed by atoms with Crippen molar-refractivity contribution in [1.82, 2.24) is 15.3 Å². The highest BCUT2D eigenvalue weighted by molar-refractivity contribution is 7.98. The van der Waals surface area contributed by atoms with Crippen molar-refractivity contribution in [3.63, 3.8) is 0 Å². The quantitative estimate of drug-likeness (QED) is 0.667. The van der Waals surface area contributed by atoms with Crippen molar-refractivity contribution >= 4 is 40.3 Å². The van der Waals surface area contributed by atoms with E-state index >= 15 is 0 Å². The van der Waals surface area contributed by atoms with Crippen molar-refractivity contribution < 1.29 is 9.59 Å². The number of thioether (sulfide) groups is 1. The predicted molar refractivity (Wildman–Crippen MR) is 107 cm³/mol. The van der Waals surface area contributed by atoms with Crippen LogP contribution in [-0.2, 0) is 16.1 Å². The number of aromatic amines is 1. The van der Waals surface area contributed by atoms with Gasteiger partial charge in [-0.25, -0.2) is 4.98 Å². The number of nitrogens with zero attached hydrogens (tertiary/aromatic N) is 2. The maximum atomic E-state index is 12.5. The summed E-state index contributed by atoms with van der Waals surface area (Å²) in [6.07, 6.45) is 2.24. The molecule has 6 nitrogen and oxygen atoms in total. The van der Waals surface area contributed by atoms with Crippen LogP contribution in [0.3, 0.4) is 0 Å². The first kappa shape index (κ1) is 17.6. The van der Waals surface area contributed by atoms with E-state index in [0.717, 1.165) is 21.6 Å². The molecule has 2 aromatic carbocycles. The van der Waals surface area contributed by atoms with Crippen LogP contribution in [0, 0.1) is 5.92 Å². The topological polar surface area (TPSA) is 78.1 Å². The SMILES string of the molecule is CSc1ccc(N2CC(C(=O)NCc3nc4ccccc4[nH]3)CC2=O)cc1. The van der Waals surface area contributed by atoms with E-state index in [9.17, 15) is 9.59 Å². The van der Waals surface area contributed by atoms with Gasteiger partial charge >= 0.3 is 0 Å². The maximum Gasteiger partial charge on any atom is 0.227 e. The van der Waals surface area contributed by atoms with Crippen LogP contribution < -0.4 is 10.2 Å². The van der Waals surface area contributed by atoms with Gasteiger partial charge in [-0.2, -0.15) is 0 Å². The molecule has 138 valence electrons. The number of nitrogens with one attached hydrogen (secondary N) is 2. The van der Waals surface area contributed by atoms with Crippen LogP contribution >= 0.6 is 11.8 Å². The van der Waals surface area contributed by atoms with Gasteiger partial charge in [0.25, 0.3) is 0 Å². The molecule has 0 bridgehead atoms. The van der Waals surface area contributed by atoms with Gasteiger partial charge in [0.15, 0.2) is 0 Å². The number of rotatable bonds is 5. The fraction of sp³-hybridized carbons (Fsp3) is 0.250. The molecule has 2 N–H and O–H groups in total. The lowest BCUT2D eigenvalue weighted by Gasteiger charge is -2.17. The van der Waals surface area contributed by atoms with E-state index in [1.807, 2.05) is 54.8 Å². The molecule has 1 aliphatic rings. The summed E-state index contributed by atoms with van der Waals surface area (Å²) in [4.78, 5) is 35.4. The van der Waals surface area contributed by atoms with Crippen molar-refractivity contribution in [2.45, 2.75) is 17.9 Å². The fourth-order valence-electron chi connectivity index (χ4n) is 3.30. The number of H-pyrrole nitrogens is 1. The second-order valence-electron chi connectivity index (χ2n) is 6.52. The fourth-order valence-corrected chi connectivity index (χ4v) is 3.71. The zero-order valence-electron chi connectivity index (χ0n) is 14.9. The maximum absolute atomic E-state index is 12.5. The molecule has 1 aromatic heterocycles. The van der Waals surface area contributed by atoms with Crippen molar-refractivity contribution in [3.8, 4) is 0 Å². The van der Waals surface area contributed by atoms with Crippen LogP contribution in [0.4, 0.5) is 5.69 Å². The monoisotopic (exact) mass is 380 g/mol. The zero-order chi connectivity index (χ0) is 18.8. The van der Waals surface area contributed by atoms with Gasteiger partial charge in [-0.05, 0) is 42.7 Å². The summed E-state index contributed by atoms with van der Waals surface area (Å²) in [6.45, 7) is 0.726. The Bertz CT molecular complexity index is 950. The number of carbonyl (C=O) groups excluding carboxylic acids is 2. The number of anilines is 1. The molecule has 4 rings (SSSR count). The average Bonchev–Trinajstić information content (AvgIpc) is 3.29. The van der Waals surface area contributed by atoms with E-state index in [0.29, 0.717) is 18.9 Å². The Hall–Kier alpha value is -2.80. The standard InChI is InChI=1S/C20H20N4O2S/c1-27-15-8-6-14(7-9-15)24-12-13(10-19(24)25)20(26)21-11-18-22-16-4-2-3-5-17(16)23-18/h2-9,13H,10-12H2,1H3,(H,21,26)(H,22,23). The Morgan fingerprint density at radius 2 is 2.04 bits per heavy atom. The summed E-state index contributed by atoms with van der Waals surface area (Å²) >= 11 is 1.66. The molecule has 1 aliphatic heterocycles. The zero-order valence-corrected chi connectivity index (χ0v) is 15.8. The largest absolute Gasteiger partial charge is 0.349 e. The highest BCUT2D eigenvalue weighted by atomic mass is 32.2. The third-order valence-electron chi connectivity index (χ3n) is 4.75. The minimum Gasteiger partial charge on any atom is -0.349 e. The summed E-state index contributed by atoms with van der Waals surface area (Å²) in [6, 6.07) is 15.6. The normalized spacial score (nSPS) is 16.9. The van der Waals surface area contributed by atoms with E-state index < -0.39 is 0 Å². The summed E-state index contributed by atoms with van der Waals surface area (Å²) < 4.78 is 0. The molecular weight excluding hydrogens is 360 g/mol. The lowest BCUT2D eigenvalue weighted by Crippen LogP contribution is -2.32. The molecule has 0 spiro atoms. The van der Waals surface area contributed by atoms with Gasteiger partial charge < -0.3 is 15.2 Å². The summed E-state index contributed by atoms with van der Waals surface area (Å²) in [7, 11) is 0. The molecule has 7 heteroatoms. The van der Waals surface area contributed by atoms with Crippen LogP contribution in [-0.4, -0.2) is 34.6 Å². The van der Waals surface area contributed by atoms with Gasteiger partial charge in [-0.15, -0.1) is 11.8 Å². The van der Waals surface area contributed by atoms with Gasteiger partial charge in [0.2, 0.25) is 11.8 Å². The number of aromatic nitrogens is 2. The van der Waals surface area contributed by atoms with E-state index in [1.54, 1.807) is 16.7 Å². The summed E-state index contributed by atoms with van der Waals surface area (Å²) in [5.74, 6) is 0.225. The van der Waals surface area contributed by atoms with Crippen LogP contribution in [0.25, 0.3) is 11.0 Å². The number of para-hydroxylation sites is 2. The Labute approximate surface area is 161 Å². The molecule has 2 heterocycles. The van der Waals surface area contributed by atoms with E-state index in [1.165, 1.54) is 0 Å². The minimum absolute atomic E-state index is 0.0178. The van der Waals surface area contributed by atoms with Gasteiger partial charge in [0.05, 0.1) is 23.5 Å². The summed E-state index contributed by atoms with van der Waals surface area (Å²) in [5, 5.41) is 2.90. The Morgan fingerprint density at radius 3 is 2.78 bits per heavy atom. The highest BCUT2D eigenvalue weighted by Crippen LogP contribution is 2.27. The summed E-state index contributed by atoms with van der Waals surface area (Å²) in [5.41, 5.74) is 2.65. The first-order chi connectivity index (χ1) is 13.1. The van der Waals surface area contributed by atoms with Gasteiger partial charge in [0.1, 0.15) is 5.82 Å². The third kappa shape index (κ3) is 3.68. The van der Waals surface area contributed by atoms with Crippen molar-refractivity contribution in [1.29, 1.82) is 0 Å². The van der Waals surface area contributed by atoms with Crippen LogP contribution in [0.1, 0.15) is 12.2 Å². The Balaban J connectivity index is 1.38. The average molecular weight is 380 g/mol. The second kappa shape index (κ2) is 7.44. The van der Waals surface area contributed by atoms with Gasteiger partial charge in [-0.3, -0.25) is 9.59 Å². The van der Waals surface area contributed by atoms with Crippen molar-refractivity contribution in [2.24, 2.45) is 5.92 Å². The van der Waals surface area contributed by atoms with Crippen LogP contribution in [0.5, 0.6) is 0 Å². The number of imidazole rings is 1. The van der Waals surface area contributed by atoms with Crippen LogP contribution in [0.2, 0.25) is 0 Å². The lowest BCUT2D eigenvalue weighted by molar-refractivity contribution is -0.126. The Morgan fingerprint density at radius 1 is 1.26 bits per heavy atom. The molecule has 1 saturated heterocycles. The first-order valence-electron chi connectivity index (χ1n) is 8.80. The molecule has 27 heavy (non-hydrogen) atoms. The smallest absolute Gasteiger partial charge is 0.227 e. The molecule has 2 amide bonds. The number of hydrogen-bond acceptors (Lipinski definition) is 4. The molecule has 0 aliphatic carbocycles. The molecular formula is C20H20N4O2S. The Kier molecular flexibility index (Phi) is 4.85. The van der Waals surface area contributed by atoms with Gasteiger partial charge in [-0.1, -0.05) is 12.1 Å². The number of amides is 2. The van der Waals surface area contributed by atoms with E-state index in [2.05, 4.69) is 15.3 Å². The number of benzene rings is 2. The highest BCUT2D eigenvalue weighted by Gasteiger charge is 2.35. The van der Waals surface area contributed by atoms with Crippen molar-refractivity contribution in [2.75, 3.05) is 17.7 Å². The second-order valence-corrected chi connectivity index (χ2v) is 7.40. The number of fused-ring (bicyclic) bond motifs is 1. The van der Waals surface area contributed by atoms with Crippen molar-refractivity contribution in [3.05, 3.63) is 54.4 Å².